The van der Waals surface area contributed by atoms with Gasteiger partial charge < -0.3 is 26.6 Å². The van der Waals surface area contributed by atoms with E-state index in [1.807, 2.05) is 0 Å². The molecule has 1 aromatic rings. The molecule has 18 heavy (non-hydrogen) atoms. The highest BCUT2D eigenvalue weighted by atomic mass is 35.5. The minimum absolute atomic E-state index is 0.0941. The van der Waals surface area contributed by atoms with Crippen LogP contribution < -0.4 is 16.8 Å². The lowest BCUT2D eigenvalue weighted by Crippen LogP contribution is -2.19. The predicted molar refractivity (Wildman–Crippen MR) is 71.2 cm³/mol. The third-order valence-corrected chi connectivity index (χ3v) is 2.79. The average molecular weight is 278 g/mol. The Morgan fingerprint density at radius 1 is 1.50 bits per heavy atom. The number of hydrogen-bond acceptors (Lipinski definition) is 5. The minimum atomic E-state index is -0.685. The molecule has 7 heteroatoms. The van der Waals surface area contributed by atoms with E-state index in [2.05, 4.69) is 5.32 Å². The van der Waals surface area contributed by atoms with Gasteiger partial charge in [-0.1, -0.05) is 11.6 Å². The molecule has 0 aliphatic rings. The molecule has 0 amide bonds. The molecule has 6 N–H and O–H groups in total. The average Bonchev–Trinajstić information content (AvgIpc) is 2.31. The Bertz CT molecular complexity index is 418. The van der Waals surface area contributed by atoms with Crippen LogP contribution in [0.25, 0.3) is 0 Å². The van der Waals surface area contributed by atoms with E-state index in [9.17, 15) is 9.50 Å². The number of rotatable bonds is 6. The number of nitrogens with two attached hydrogens (primary N) is 2. The second-order valence-corrected chi connectivity index (χ2v) is 4.26. The zero-order chi connectivity index (χ0) is 13.7. The van der Waals surface area contributed by atoms with Crippen molar-refractivity contribution in [3.8, 4) is 0 Å². The lowest BCUT2D eigenvalue weighted by molar-refractivity contribution is 0.0615. The first kappa shape index (κ1) is 14.8. The third-order valence-electron chi connectivity index (χ3n) is 2.40. The topological polar surface area (TPSA) is 93.5 Å². The van der Waals surface area contributed by atoms with Gasteiger partial charge in [-0.15, -0.1) is 0 Å². The van der Waals surface area contributed by atoms with Crippen LogP contribution in [0, 0.1) is 5.82 Å². The molecule has 5 nitrogen and oxygen atoms in total. The fraction of sp³-hybridized carbons (Fsp3) is 0.455. The Kier molecular flexibility index (Phi) is 5.46. The summed E-state index contributed by atoms with van der Waals surface area (Å²) in [4.78, 5) is 0. The number of halogens is 2. The SMILES string of the molecule is COCC(O)CCNc1c(N)cc(N)c(Cl)c1F. The van der Waals surface area contributed by atoms with Crippen molar-refractivity contribution in [1.82, 2.24) is 0 Å². The number of aliphatic hydroxyl groups is 1. The van der Waals surface area contributed by atoms with E-state index in [1.165, 1.54) is 13.2 Å². The molecule has 0 saturated heterocycles. The smallest absolute Gasteiger partial charge is 0.169 e. The van der Waals surface area contributed by atoms with Crippen molar-refractivity contribution in [1.29, 1.82) is 0 Å². The molecule has 1 unspecified atom stereocenters. The number of nitrogen functional groups attached to an aromatic ring is 2. The Morgan fingerprint density at radius 2 is 2.17 bits per heavy atom. The van der Waals surface area contributed by atoms with Gasteiger partial charge in [-0.25, -0.2) is 4.39 Å². The van der Waals surface area contributed by atoms with Gasteiger partial charge in [-0.05, 0) is 12.5 Å². The van der Waals surface area contributed by atoms with Gasteiger partial charge in [0, 0.05) is 13.7 Å². The summed E-state index contributed by atoms with van der Waals surface area (Å²) in [6.07, 6.45) is -0.217. The maximum atomic E-state index is 13.8. The number of methoxy groups -OCH3 is 1. The van der Waals surface area contributed by atoms with Crippen molar-refractivity contribution in [2.24, 2.45) is 0 Å². The summed E-state index contributed by atoms with van der Waals surface area (Å²) in [6, 6.07) is 1.39. The first-order valence-electron chi connectivity index (χ1n) is 5.41. The molecule has 0 aliphatic heterocycles. The number of ether oxygens (including phenoxy) is 1. The van der Waals surface area contributed by atoms with Crippen molar-refractivity contribution >= 4 is 28.7 Å². The van der Waals surface area contributed by atoms with Crippen LogP contribution >= 0.6 is 11.6 Å². The highest BCUT2D eigenvalue weighted by Crippen LogP contribution is 2.33. The molecule has 0 heterocycles. The predicted octanol–water partition coefficient (Wildman–Crippen LogP) is 1.45. The summed E-state index contributed by atoms with van der Waals surface area (Å²) < 4.78 is 18.5. The van der Waals surface area contributed by atoms with Gasteiger partial charge in [0.1, 0.15) is 5.02 Å². The molecule has 0 bridgehead atoms. The molecule has 0 aromatic heterocycles. The molecule has 1 rings (SSSR count). The Morgan fingerprint density at radius 3 is 2.78 bits per heavy atom. The van der Waals surface area contributed by atoms with E-state index in [0.29, 0.717) is 13.0 Å². The second kappa shape index (κ2) is 6.63. The van der Waals surface area contributed by atoms with Gasteiger partial charge in [-0.3, -0.25) is 0 Å². The Balaban J connectivity index is 2.65. The molecule has 0 saturated carbocycles. The molecule has 0 radical (unpaired) electrons. The maximum absolute atomic E-state index is 13.8. The van der Waals surface area contributed by atoms with Crippen molar-refractivity contribution < 1.29 is 14.2 Å². The lowest BCUT2D eigenvalue weighted by Gasteiger charge is -2.14. The van der Waals surface area contributed by atoms with E-state index < -0.39 is 11.9 Å². The summed E-state index contributed by atoms with van der Waals surface area (Å²) in [6.45, 7) is 0.564. The van der Waals surface area contributed by atoms with Gasteiger partial charge in [0.2, 0.25) is 0 Å². The van der Waals surface area contributed by atoms with Crippen molar-refractivity contribution in [3.63, 3.8) is 0 Å². The third kappa shape index (κ3) is 3.63. The first-order chi connectivity index (χ1) is 8.47. The van der Waals surface area contributed by atoms with Gasteiger partial charge in [0.25, 0.3) is 0 Å². The number of hydrogen-bond donors (Lipinski definition) is 4. The second-order valence-electron chi connectivity index (χ2n) is 3.88. The highest BCUT2D eigenvalue weighted by molar-refractivity contribution is 6.33. The van der Waals surface area contributed by atoms with Crippen LogP contribution in [0.5, 0.6) is 0 Å². The Labute approximate surface area is 110 Å². The summed E-state index contributed by atoms with van der Waals surface area (Å²) in [5, 5.41) is 12.0. The van der Waals surface area contributed by atoms with Gasteiger partial charge in [0.15, 0.2) is 5.82 Å². The van der Waals surface area contributed by atoms with Crippen LogP contribution in [0.1, 0.15) is 6.42 Å². The fourth-order valence-electron chi connectivity index (χ4n) is 1.49. The first-order valence-corrected chi connectivity index (χ1v) is 5.79. The molecular weight excluding hydrogens is 261 g/mol. The summed E-state index contributed by atoms with van der Waals surface area (Å²) in [7, 11) is 1.49. The molecule has 102 valence electrons. The summed E-state index contributed by atoms with van der Waals surface area (Å²) in [5.41, 5.74) is 11.5. The fourth-order valence-corrected chi connectivity index (χ4v) is 1.63. The normalized spacial score (nSPS) is 12.4. The zero-order valence-electron chi connectivity index (χ0n) is 10.0. The van der Waals surface area contributed by atoms with Gasteiger partial charge >= 0.3 is 0 Å². The maximum Gasteiger partial charge on any atom is 0.169 e. The standard InChI is InChI=1S/C11H17ClFN3O2/c1-18-5-6(17)2-3-16-11-8(15)4-7(14)9(12)10(11)13/h4,6,16-17H,2-3,5,14-15H2,1H3. The van der Waals surface area contributed by atoms with E-state index in [1.54, 1.807) is 0 Å². The highest BCUT2D eigenvalue weighted by Gasteiger charge is 2.14. The van der Waals surface area contributed by atoms with Gasteiger partial charge in [0.05, 0.1) is 29.8 Å². The van der Waals surface area contributed by atoms with Crippen LogP contribution in [-0.4, -0.2) is 31.5 Å². The molecule has 0 aliphatic carbocycles. The van der Waals surface area contributed by atoms with Crippen LogP contribution in [0.15, 0.2) is 6.07 Å². The van der Waals surface area contributed by atoms with Crippen molar-refractivity contribution in [2.75, 3.05) is 37.0 Å². The lowest BCUT2D eigenvalue weighted by atomic mass is 10.2. The van der Waals surface area contributed by atoms with Gasteiger partial charge in [-0.2, -0.15) is 0 Å². The largest absolute Gasteiger partial charge is 0.397 e. The van der Waals surface area contributed by atoms with E-state index >= 15 is 0 Å². The number of aliphatic hydroxyl groups excluding tert-OH is 1. The van der Waals surface area contributed by atoms with E-state index in [-0.39, 0.29) is 28.7 Å². The zero-order valence-corrected chi connectivity index (χ0v) is 10.8. The summed E-state index contributed by atoms with van der Waals surface area (Å²) in [5.74, 6) is -0.685. The monoisotopic (exact) mass is 277 g/mol. The van der Waals surface area contributed by atoms with E-state index in [4.69, 9.17) is 27.8 Å². The van der Waals surface area contributed by atoms with Crippen molar-refractivity contribution in [2.45, 2.75) is 12.5 Å². The van der Waals surface area contributed by atoms with Crippen LogP contribution in [0.2, 0.25) is 5.02 Å². The van der Waals surface area contributed by atoms with Crippen LogP contribution in [0.3, 0.4) is 0 Å². The minimum Gasteiger partial charge on any atom is -0.397 e. The summed E-state index contributed by atoms with van der Waals surface area (Å²) >= 11 is 5.68. The number of anilines is 3. The molecule has 1 atom stereocenters. The molecule has 1 aromatic carbocycles. The van der Waals surface area contributed by atoms with Crippen molar-refractivity contribution in [3.05, 3.63) is 16.9 Å². The molecular formula is C11H17ClFN3O2. The quantitative estimate of drug-likeness (QED) is 0.591. The molecule has 0 fully saturated rings. The molecule has 0 spiro atoms. The van der Waals surface area contributed by atoms with Crippen LogP contribution in [-0.2, 0) is 4.74 Å². The number of benzene rings is 1. The van der Waals surface area contributed by atoms with E-state index in [0.717, 1.165) is 0 Å². The van der Waals surface area contributed by atoms with Crippen LogP contribution in [0.4, 0.5) is 21.5 Å². The Hall–Kier alpha value is -1.24. The number of nitrogens with one attached hydrogen (secondary N) is 1.